The molecule has 0 saturated carbocycles. The summed E-state index contributed by atoms with van der Waals surface area (Å²) < 4.78 is 30.0. The van der Waals surface area contributed by atoms with Crippen molar-refractivity contribution in [2.24, 2.45) is 0 Å². The minimum Gasteiger partial charge on any atom is -0.456 e. The number of furan rings is 2. The Labute approximate surface area is 763 Å². The Morgan fingerprint density at radius 2 is 0.398 bits per heavy atom. The molecule has 0 aliphatic rings. The highest BCUT2D eigenvalue weighted by molar-refractivity contribution is 7.25. The Morgan fingerprint density at radius 1 is 0.143 bits per heavy atom. The number of fused-ring (bicyclic) bond motifs is 36. The largest absolute Gasteiger partial charge is 0.456 e. The molecule has 0 saturated heterocycles. The van der Waals surface area contributed by atoms with Crippen molar-refractivity contribution in [3.8, 4) is 34.1 Å². The summed E-state index contributed by atoms with van der Waals surface area (Å²) in [7, 11) is 0. The molecule has 0 radical (unpaired) electrons. The van der Waals surface area contributed by atoms with Gasteiger partial charge in [-0.1, -0.05) is 261 Å². The molecule has 0 spiro atoms. The van der Waals surface area contributed by atoms with Gasteiger partial charge in [-0.2, -0.15) is 0 Å². The topological polar surface area (TPSA) is 55.9 Å². The van der Waals surface area contributed by atoms with Crippen LogP contribution in [0.3, 0.4) is 0 Å². The van der Waals surface area contributed by atoms with E-state index >= 15 is 0 Å². The van der Waals surface area contributed by atoms with Crippen molar-refractivity contribution in [3.63, 3.8) is 0 Å². The van der Waals surface area contributed by atoms with Gasteiger partial charge in [-0.25, -0.2) is 0 Å². The van der Waals surface area contributed by atoms with Gasteiger partial charge in [0.25, 0.3) is 0 Å². The minimum atomic E-state index is 0.901. The third-order valence-electron chi connectivity index (χ3n) is 28.2. The van der Waals surface area contributed by atoms with Gasteiger partial charge in [0.1, 0.15) is 22.3 Å². The maximum Gasteiger partial charge on any atom is 0.136 e. The molecule has 0 amide bonds. The lowest BCUT2D eigenvalue weighted by Crippen LogP contribution is -1.96. The number of nitrogens with zero attached hydrogens (tertiary/aromatic N) is 6. The van der Waals surface area contributed by atoms with E-state index in [1.807, 2.05) is 11.3 Å². The predicted octanol–water partition coefficient (Wildman–Crippen LogP) is 34.4. The van der Waals surface area contributed by atoms with E-state index in [-0.39, 0.29) is 0 Å². The van der Waals surface area contributed by atoms with Crippen LogP contribution in [0.15, 0.2) is 458 Å². The molecule has 0 aliphatic carbocycles. The van der Waals surface area contributed by atoms with E-state index in [1.54, 1.807) is 0 Å². The Kier molecular flexibility index (Phi) is 15.8. The molecule has 133 heavy (non-hydrogen) atoms. The number of para-hydroxylation sites is 9. The monoisotopic (exact) mass is 1710 g/mol. The highest BCUT2D eigenvalue weighted by Crippen LogP contribution is 2.51. The second kappa shape index (κ2) is 28.5. The summed E-state index contributed by atoms with van der Waals surface area (Å²) in [4.78, 5) is 0. The molecule has 0 atom stereocenters. The zero-order chi connectivity index (χ0) is 86.8. The van der Waals surface area contributed by atoms with Crippen molar-refractivity contribution < 1.29 is 8.83 Å². The molecule has 31 rings (SSSR count). The summed E-state index contributed by atoms with van der Waals surface area (Å²) in [5.74, 6) is 0. The van der Waals surface area contributed by atoms with E-state index in [0.717, 1.165) is 60.9 Å². The third kappa shape index (κ3) is 10.8. The lowest BCUT2D eigenvalue weighted by molar-refractivity contribution is 0.669. The number of hydrogen-bond acceptors (Lipinski definition) is 3. The molecule has 9 aromatic heterocycles. The molecular weight excluding hydrogens is 1640 g/mol. The van der Waals surface area contributed by atoms with Crippen LogP contribution in [-0.4, -0.2) is 27.4 Å². The fraction of sp³-hybridized carbons (Fsp3) is 0. The van der Waals surface area contributed by atoms with E-state index < -0.39 is 0 Å². The van der Waals surface area contributed by atoms with Gasteiger partial charge in [-0.15, -0.1) is 11.3 Å². The molecule has 0 aliphatic heterocycles. The normalized spacial score (nSPS) is 12.2. The van der Waals surface area contributed by atoms with Gasteiger partial charge in [-0.05, 0) is 220 Å². The van der Waals surface area contributed by atoms with Crippen LogP contribution in [0.4, 0.5) is 0 Å². The summed E-state index contributed by atoms with van der Waals surface area (Å²) in [6.07, 6.45) is 0. The Bertz CT molecular complexity index is 10000. The molecule has 0 bridgehead atoms. The number of hydrogen-bond donors (Lipinski definition) is 0. The van der Waals surface area contributed by atoms with Crippen LogP contribution in [0.1, 0.15) is 0 Å². The van der Waals surface area contributed by atoms with Crippen molar-refractivity contribution in [1.29, 1.82) is 0 Å². The van der Waals surface area contributed by atoms with Crippen LogP contribution in [0, 0.1) is 0 Å². The summed E-state index contributed by atoms with van der Waals surface area (Å²) in [5, 5.41) is 32.4. The Balaban J connectivity index is 0.0000000976. The summed E-state index contributed by atoms with van der Waals surface area (Å²) in [6, 6.07) is 163. The van der Waals surface area contributed by atoms with Gasteiger partial charge in [0.05, 0.1) is 66.2 Å². The molecule has 0 N–H and O–H groups in total. The molecular formula is C124H74N6O2S. The van der Waals surface area contributed by atoms with Gasteiger partial charge in [0.2, 0.25) is 0 Å². The standard InChI is InChI=1S/C44H26N2O.C40H24N2O.C40H24N2S/c1-2-14-29(15-3-1)45-37-20-10-8-18-33(37)41-42-34-19-9-11-21-38(34)46(44(42)32-17-7-6-16-31(32)43(41)45)30-22-23-39-36(26-30)35-24-27-12-4-5-13-28(27)25-40(35)47-39;2*1-2-12-27(13-3-1)41-33-16-8-6-14-29(33)39-35(41)19-20-36-40(39)30-15-7-9-17-34(30)42(36)28-18-21-37-32(24-28)31-22-25-10-4-5-11-26(25)23-38(31)43-37/h1-26H;2*1-24H. The van der Waals surface area contributed by atoms with Crippen molar-refractivity contribution in [2.75, 3.05) is 0 Å². The van der Waals surface area contributed by atoms with Gasteiger partial charge in [-0.3, -0.25) is 0 Å². The number of rotatable bonds is 6. The molecule has 22 aromatic carbocycles. The molecule has 31 aromatic rings. The summed E-state index contributed by atoms with van der Waals surface area (Å²) in [5.41, 5.74) is 25.2. The maximum absolute atomic E-state index is 6.42. The smallest absolute Gasteiger partial charge is 0.136 e. The SMILES string of the molecule is c1ccc(-n2c3ccccc3c3c4c5ccccc5n(-c5ccc6oc7cc8ccccc8cc7c6c5)c4c4ccccc4c32)cc1.c1ccc(-n2c3ccccc3c3c4c5ccccc5n(-c5ccc6oc7cc8ccccc8cc7c6c5)c4ccc32)cc1.c1ccc(-n2c3ccccc3c3c4c5ccccc5n(-c5ccc6sc7cc8ccccc8cc7c6c5)c4ccc32)cc1. The minimum absolute atomic E-state index is 0.901. The van der Waals surface area contributed by atoms with Crippen molar-refractivity contribution in [1.82, 2.24) is 27.4 Å². The van der Waals surface area contributed by atoms with Gasteiger partial charge in [0, 0.05) is 151 Å². The van der Waals surface area contributed by atoms with Crippen molar-refractivity contribution in [3.05, 3.63) is 449 Å². The van der Waals surface area contributed by atoms with Gasteiger partial charge < -0.3 is 36.2 Å². The fourth-order valence-electron chi connectivity index (χ4n) is 22.6. The molecule has 9 heterocycles. The first kappa shape index (κ1) is 73.5. The Hall–Kier alpha value is -17.5. The molecule has 8 nitrogen and oxygen atoms in total. The van der Waals surface area contributed by atoms with Gasteiger partial charge >= 0.3 is 0 Å². The van der Waals surface area contributed by atoms with E-state index in [9.17, 15) is 0 Å². The van der Waals surface area contributed by atoms with E-state index in [0.29, 0.717) is 0 Å². The van der Waals surface area contributed by atoms with Crippen molar-refractivity contribution in [2.45, 2.75) is 0 Å². The molecule has 9 heteroatoms. The lowest BCUT2D eigenvalue weighted by Gasteiger charge is -2.13. The quantitative estimate of drug-likeness (QED) is 0.167. The molecule has 618 valence electrons. The van der Waals surface area contributed by atoms with Crippen LogP contribution < -0.4 is 0 Å². The second-order valence-corrected chi connectivity index (χ2v) is 36.3. The predicted molar refractivity (Wildman–Crippen MR) is 563 cm³/mol. The highest BCUT2D eigenvalue weighted by atomic mass is 32.1. The third-order valence-corrected chi connectivity index (χ3v) is 29.3. The average Bonchev–Trinajstić information content (AvgIpc) is 1.53. The van der Waals surface area contributed by atoms with Crippen LogP contribution in [-0.2, 0) is 0 Å². The zero-order valence-electron chi connectivity index (χ0n) is 71.6. The Morgan fingerprint density at radius 3 is 0.782 bits per heavy atom. The highest BCUT2D eigenvalue weighted by Gasteiger charge is 2.28. The number of benzene rings is 22. The lowest BCUT2D eigenvalue weighted by atomic mass is 9.99. The first-order valence-corrected chi connectivity index (χ1v) is 46.3. The van der Waals surface area contributed by atoms with E-state index in [2.05, 4.69) is 476 Å². The van der Waals surface area contributed by atoms with Crippen LogP contribution in [0.2, 0.25) is 0 Å². The average molecular weight is 1710 g/mol. The number of thiophene rings is 1. The summed E-state index contributed by atoms with van der Waals surface area (Å²) >= 11 is 1.88. The molecule has 0 fully saturated rings. The first-order chi connectivity index (χ1) is 66.0. The van der Waals surface area contributed by atoms with Crippen molar-refractivity contribution >= 4 is 249 Å². The van der Waals surface area contributed by atoms with Gasteiger partial charge in [0.15, 0.2) is 0 Å². The maximum atomic E-state index is 6.42. The van der Waals surface area contributed by atoms with E-state index in [1.165, 1.54) is 211 Å². The summed E-state index contributed by atoms with van der Waals surface area (Å²) in [6.45, 7) is 0. The van der Waals surface area contributed by atoms with E-state index in [4.69, 9.17) is 8.83 Å². The zero-order valence-corrected chi connectivity index (χ0v) is 72.4. The first-order valence-electron chi connectivity index (χ1n) is 45.5. The van der Waals surface area contributed by atoms with Crippen LogP contribution >= 0.6 is 11.3 Å². The fourth-order valence-corrected chi connectivity index (χ4v) is 23.7. The molecule has 0 unspecified atom stereocenters. The second-order valence-electron chi connectivity index (χ2n) is 35.3. The van der Waals surface area contributed by atoms with Crippen LogP contribution in [0.5, 0.6) is 0 Å². The van der Waals surface area contributed by atoms with Crippen LogP contribution in [0.25, 0.3) is 272 Å². The number of aromatic nitrogens is 6.